The van der Waals surface area contributed by atoms with E-state index in [0.717, 1.165) is 12.0 Å². The van der Waals surface area contributed by atoms with E-state index in [4.69, 9.17) is 27.9 Å². The Kier molecular flexibility index (Phi) is 4.46. The molecule has 0 saturated carbocycles. The minimum atomic E-state index is -0.409. The standard InChI is InChI=1S/C15H12Cl2O2/c1-2-10-4-3-5-11(8-10)15(18)19-12-6-7-13(16)14(17)9-12/h3-9H,2H2,1H3. The Morgan fingerprint density at radius 2 is 1.89 bits per heavy atom. The van der Waals surface area contributed by atoms with Crippen LogP contribution >= 0.6 is 23.2 Å². The van der Waals surface area contributed by atoms with Gasteiger partial charge in [-0.1, -0.05) is 42.3 Å². The normalized spacial score (nSPS) is 10.3. The van der Waals surface area contributed by atoms with Gasteiger partial charge in [-0.3, -0.25) is 0 Å². The fraction of sp³-hybridized carbons (Fsp3) is 0.133. The first-order valence-electron chi connectivity index (χ1n) is 5.86. The predicted octanol–water partition coefficient (Wildman–Crippen LogP) is 4.78. The molecule has 0 bridgehead atoms. The van der Waals surface area contributed by atoms with Crippen LogP contribution in [-0.2, 0) is 6.42 Å². The Morgan fingerprint density at radius 1 is 1.11 bits per heavy atom. The number of aryl methyl sites for hydroxylation is 1. The molecule has 0 heterocycles. The lowest BCUT2D eigenvalue weighted by molar-refractivity contribution is 0.0734. The van der Waals surface area contributed by atoms with Crippen LogP contribution in [0, 0.1) is 0 Å². The van der Waals surface area contributed by atoms with Crippen molar-refractivity contribution in [1.29, 1.82) is 0 Å². The van der Waals surface area contributed by atoms with E-state index in [9.17, 15) is 4.79 Å². The predicted molar refractivity (Wildman–Crippen MR) is 77.2 cm³/mol. The maximum Gasteiger partial charge on any atom is 0.343 e. The lowest BCUT2D eigenvalue weighted by Crippen LogP contribution is -2.08. The van der Waals surface area contributed by atoms with Gasteiger partial charge >= 0.3 is 5.97 Å². The topological polar surface area (TPSA) is 26.3 Å². The second-order valence-corrected chi connectivity index (χ2v) is 4.83. The van der Waals surface area contributed by atoms with Gasteiger partial charge in [-0.25, -0.2) is 4.79 Å². The average molecular weight is 295 g/mol. The summed E-state index contributed by atoms with van der Waals surface area (Å²) in [6, 6.07) is 12.1. The van der Waals surface area contributed by atoms with Gasteiger partial charge in [0.15, 0.2) is 0 Å². The van der Waals surface area contributed by atoms with E-state index in [1.54, 1.807) is 18.2 Å². The lowest BCUT2D eigenvalue weighted by Gasteiger charge is -2.06. The molecule has 2 aromatic rings. The Balaban J connectivity index is 2.18. The van der Waals surface area contributed by atoms with Crippen LogP contribution < -0.4 is 4.74 Å². The van der Waals surface area contributed by atoms with Gasteiger partial charge < -0.3 is 4.74 Å². The number of esters is 1. The van der Waals surface area contributed by atoms with Gasteiger partial charge in [0.05, 0.1) is 15.6 Å². The molecule has 0 aliphatic heterocycles. The maximum absolute atomic E-state index is 12.0. The molecule has 2 rings (SSSR count). The molecule has 0 aromatic heterocycles. The van der Waals surface area contributed by atoms with Crippen LogP contribution in [0.15, 0.2) is 42.5 Å². The maximum atomic E-state index is 12.0. The van der Waals surface area contributed by atoms with Gasteiger partial charge in [-0.2, -0.15) is 0 Å². The summed E-state index contributed by atoms with van der Waals surface area (Å²) in [5.41, 5.74) is 1.61. The number of rotatable bonds is 3. The third kappa shape index (κ3) is 3.49. The van der Waals surface area contributed by atoms with Gasteiger partial charge in [-0.15, -0.1) is 0 Å². The Bertz CT molecular complexity index is 609. The van der Waals surface area contributed by atoms with Gasteiger partial charge in [0.25, 0.3) is 0 Å². The van der Waals surface area contributed by atoms with E-state index in [1.807, 2.05) is 25.1 Å². The SMILES string of the molecule is CCc1cccc(C(=O)Oc2ccc(Cl)c(Cl)c2)c1. The summed E-state index contributed by atoms with van der Waals surface area (Å²) >= 11 is 11.7. The highest BCUT2D eigenvalue weighted by molar-refractivity contribution is 6.42. The second kappa shape index (κ2) is 6.09. The molecule has 0 unspecified atom stereocenters. The summed E-state index contributed by atoms with van der Waals surface area (Å²) in [6.45, 7) is 2.03. The van der Waals surface area contributed by atoms with Gasteiger partial charge in [0.1, 0.15) is 5.75 Å². The van der Waals surface area contributed by atoms with Crippen LogP contribution in [-0.4, -0.2) is 5.97 Å². The minimum absolute atomic E-state index is 0.356. The first-order valence-corrected chi connectivity index (χ1v) is 6.62. The van der Waals surface area contributed by atoms with Crippen molar-refractivity contribution in [3.8, 4) is 5.75 Å². The van der Waals surface area contributed by atoms with Gasteiger partial charge in [0.2, 0.25) is 0 Å². The smallest absolute Gasteiger partial charge is 0.343 e. The highest BCUT2D eigenvalue weighted by atomic mass is 35.5. The number of carbonyl (C=O) groups is 1. The highest BCUT2D eigenvalue weighted by Crippen LogP contribution is 2.26. The second-order valence-electron chi connectivity index (χ2n) is 4.02. The van der Waals surface area contributed by atoms with Crippen LogP contribution in [0.25, 0.3) is 0 Å². The highest BCUT2D eigenvalue weighted by Gasteiger charge is 2.10. The van der Waals surface area contributed by atoms with Gasteiger partial charge in [-0.05, 0) is 36.2 Å². The van der Waals surface area contributed by atoms with E-state index in [2.05, 4.69) is 0 Å². The molecule has 19 heavy (non-hydrogen) atoms. The van der Waals surface area contributed by atoms with Crippen molar-refractivity contribution in [2.24, 2.45) is 0 Å². The first kappa shape index (κ1) is 13.9. The largest absolute Gasteiger partial charge is 0.423 e. The number of halogens is 2. The molecule has 0 amide bonds. The minimum Gasteiger partial charge on any atom is -0.423 e. The number of carbonyl (C=O) groups excluding carboxylic acids is 1. The molecule has 0 aliphatic carbocycles. The lowest BCUT2D eigenvalue weighted by atomic mass is 10.1. The summed E-state index contributed by atoms with van der Waals surface area (Å²) in [5.74, 6) is -0.0324. The zero-order valence-electron chi connectivity index (χ0n) is 10.3. The molecule has 0 atom stereocenters. The van der Waals surface area contributed by atoms with Crippen LogP contribution in [0.4, 0.5) is 0 Å². The monoisotopic (exact) mass is 294 g/mol. The zero-order chi connectivity index (χ0) is 13.8. The zero-order valence-corrected chi connectivity index (χ0v) is 11.8. The van der Waals surface area contributed by atoms with Crippen molar-refractivity contribution < 1.29 is 9.53 Å². The summed E-state index contributed by atoms with van der Waals surface area (Å²) in [6.07, 6.45) is 0.869. The molecule has 0 N–H and O–H groups in total. The number of ether oxygens (including phenoxy) is 1. The van der Waals surface area contributed by atoms with Crippen molar-refractivity contribution in [1.82, 2.24) is 0 Å². The number of hydrogen-bond donors (Lipinski definition) is 0. The molecular weight excluding hydrogens is 283 g/mol. The van der Waals surface area contributed by atoms with Crippen LogP contribution in [0.2, 0.25) is 10.0 Å². The molecule has 0 saturated heterocycles. The number of hydrogen-bond acceptors (Lipinski definition) is 2. The fourth-order valence-electron chi connectivity index (χ4n) is 1.62. The number of benzene rings is 2. The summed E-state index contributed by atoms with van der Waals surface area (Å²) in [7, 11) is 0. The van der Waals surface area contributed by atoms with Crippen LogP contribution in [0.1, 0.15) is 22.8 Å². The Labute approximate surface area is 121 Å². The molecule has 4 heteroatoms. The summed E-state index contributed by atoms with van der Waals surface area (Å²) < 4.78 is 5.25. The van der Waals surface area contributed by atoms with Crippen LogP contribution in [0.3, 0.4) is 0 Å². The van der Waals surface area contributed by atoms with E-state index in [0.29, 0.717) is 21.4 Å². The molecule has 2 nitrogen and oxygen atoms in total. The van der Waals surface area contributed by atoms with E-state index in [1.165, 1.54) is 6.07 Å². The van der Waals surface area contributed by atoms with Crippen molar-refractivity contribution >= 4 is 29.2 Å². The van der Waals surface area contributed by atoms with Crippen molar-refractivity contribution in [2.75, 3.05) is 0 Å². The molecule has 0 aliphatic rings. The van der Waals surface area contributed by atoms with Crippen LogP contribution in [0.5, 0.6) is 5.75 Å². The fourth-order valence-corrected chi connectivity index (χ4v) is 1.91. The molecule has 0 fully saturated rings. The third-order valence-electron chi connectivity index (χ3n) is 2.67. The summed E-state index contributed by atoms with van der Waals surface area (Å²) in [4.78, 5) is 12.0. The molecule has 98 valence electrons. The third-order valence-corrected chi connectivity index (χ3v) is 3.41. The van der Waals surface area contributed by atoms with Crippen molar-refractivity contribution in [3.63, 3.8) is 0 Å². The first-order chi connectivity index (χ1) is 9.10. The molecule has 2 aromatic carbocycles. The molecular formula is C15H12Cl2O2. The van der Waals surface area contributed by atoms with E-state index >= 15 is 0 Å². The van der Waals surface area contributed by atoms with E-state index in [-0.39, 0.29) is 0 Å². The summed E-state index contributed by atoms with van der Waals surface area (Å²) in [5, 5.41) is 0.781. The Hall–Kier alpha value is -1.51. The van der Waals surface area contributed by atoms with Crippen molar-refractivity contribution in [3.05, 3.63) is 63.6 Å². The van der Waals surface area contributed by atoms with E-state index < -0.39 is 5.97 Å². The Morgan fingerprint density at radius 3 is 2.58 bits per heavy atom. The molecule has 0 radical (unpaired) electrons. The quantitative estimate of drug-likeness (QED) is 0.602. The van der Waals surface area contributed by atoms with Crippen molar-refractivity contribution in [2.45, 2.75) is 13.3 Å². The molecule has 0 spiro atoms. The average Bonchev–Trinajstić information content (AvgIpc) is 2.43. The van der Waals surface area contributed by atoms with Gasteiger partial charge in [0, 0.05) is 6.07 Å².